The molecule has 0 aromatic carbocycles. The third-order valence-electron chi connectivity index (χ3n) is 3.18. The van der Waals surface area contributed by atoms with Crippen molar-refractivity contribution in [1.82, 2.24) is 10.2 Å². The van der Waals surface area contributed by atoms with Gasteiger partial charge in [-0.2, -0.15) is 0 Å². The van der Waals surface area contributed by atoms with Crippen LogP contribution >= 0.6 is 0 Å². The monoisotopic (exact) mass is 214 g/mol. The maximum atomic E-state index is 10.8. The second-order valence-corrected chi connectivity index (χ2v) is 5.38. The minimum Gasteiger partial charge on any atom is -0.480 e. The lowest BCUT2D eigenvalue weighted by Gasteiger charge is -2.34. The smallest absolute Gasteiger partial charge is 0.320 e. The molecule has 1 aliphatic heterocycles. The van der Waals surface area contributed by atoms with Gasteiger partial charge in [0.25, 0.3) is 0 Å². The summed E-state index contributed by atoms with van der Waals surface area (Å²) >= 11 is 0. The molecular formula is C11H22N2O2. The Kier molecular flexibility index (Phi) is 3.73. The summed E-state index contributed by atoms with van der Waals surface area (Å²) in [6, 6.07) is -0.0290. The first-order valence-corrected chi connectivity index (χ1v) is 5.51. The lowest BCUT2D eigenvalue weighted by molar-refractivity contribution is -0.139. The summed E-state index contributed by atoms with van der Waals surface area (Å²) in [5, 5.41) is 12.0. The van der Waals surface area contributed by atoms with E-state index in [9.17, 15) is 4.79 Å². The molecule has 0 aliphatic carbocycles. The Labute approximate surface area is 91.6 Å². The van der Waals surface area contributed by atoms with Gasteiger partial charge in [-0.3, -0.25) is 9.69 Å². The highest BCUT2D eigenvalue weighted by atomic mass is 16.4. The van der Waals surface area contributed by atoms with Crippen molar-refractivity contribution < 1.29 is 9.90 Å². The maximum Gasteiger partial charge on any atom is 0.320 e. The highest BCUT2D eigenvalue weighted by Gasteiger charge is 2.30. The van der Waals surface area contributed by atoms with Gasteiger partial charge >= 0.3 is 5.97 Å². The topological polar surface area (TPSA) is 52.6 Å². The Morgan fingerprint density at radius 1 is 1.47 bits per heavy atom. The zero-order valence-corrected chi connectivity index (χ0v) is 10.1. The molecular weight excluding hydrogens is 192 g/mol. The SMILES string of the molecule is CN(C[C@@H]1CCC(C(=O)O)N1)C(C)(C)C. The molecule has 2 atom stereocenters. The van der Waals surface area contributed by atoms with Crippen LogP contribution in [0.4, 0.5) is 0 Å². The number of nitrogens with zero attached hydrogens (tertiary/aromatic N) is 1. The van der Waals surface area contributed by atoms with Crippen molar-refractivity contribution in [3.8, 4) is 0 Å². The van der Waals surface area contributed by atoms with Crippen LogP contribution in [0, 0.1) is 0 Å². The second kappa shape index (κ2) is 4.49. The van der Waals surface area contributed by atoms with Gasteiger partial charge in [0, 0.05) is 18.1 Å². The number of carbonyl (C=O) groups is 1. The van der Waals surface area contributed by atoms with Crippen LogP contribution in [0.3, 0.4) is 0 Å². The Hall–Kier alpha value is -0.610. The van der Waals surface area contributed by atoms with Crippen molar-refractivity contribution >= 4 is 5.97 Å². The summed E-state index contributed by atoms with van der Waals surface area (Å²) in [6.07, 6.45) is 1.70. The summed E-state index contributed by atoms with van der Waals surface area (Å²) < 4.78 is 0. The number of rotatable bonds is 3. The van der Waals surface area contributed by atoms with E-state index in [1.165, 1.54) is 0 Å². The molecule has 0 radical (unpaired) electrons. The standard InChI is InChI=1S/C11H22N2O2/c1-11(2,3)13(4)7-8-5-6-9(12-8)10(14)15/h8-9,12H,5-7H2,1-4H3,(H,14,15)/t8-,9?/m0/s1. The van der Waals surface area contributed by atoms with Crippen LogP contribution in [-0.2, 0) is 4.79 Å². The molecule has 1 aliphatic rings. The molecule has 4 heteroatoms. The highest BCUT2D eigenvalue weighted by Crippen LogP contribution is 2.17. The number of nitrogens with one attached hydrogen (secondary N) is 1. The number of likely N-dealkylation sites (N-methyl/N-ethyl adjacent to an activating group) is 1. The van der Waals surface area contributed by atoms with E-state index < -0.39 is 5.97 Å². The number of aliphatic carboxylic acids is 1. The van der Waals surface area contributed by atoms with Crippen LogP contribution in [0.2, 0.25) is 0 Å². The van der Waals surface area contributed by atoms with Crippen molar-refractivity contribution in [2.45, 2.75) is 51.2 Å². The molecule has 0 bridgehead atoms. The van der Waals surface area contributed by atoms with Crippen LogP contribution in [0.1, 0.15) is 33.6 Å². The van der Waals surface area contributed by atoms with Gasteiger partial charge in [0.1, 0.15) is 6.04 Å². The van der Waals surface area contributed by atoms with Gasteiger partial charge in [-0.1, -0.05) is 0 Å². The summed E-state index contributed by atoms with van der Waals surface area (Å²) in [6.45, 7) is 7.40. The zero-order valence-electron chi connectivity index (χ0n) is 10.1. The van der Waals surface area contributed by atoms with E-state index in [0.29, 0.717) is 6.04 Å². The molecule has 15 heavy (non-hydrogen) atoms. The van der Waals surface area contributed by atoms with E-state index >= 15 is 0 Å². The third-order valence-corrected chi connectivity index (χ3v) is 3.18. The predicted octanol–water partition coefficient (Wildman–Crippen LogP) is 0.922. The molecule has 0 amide bonds. The van der Waals surface area contributed by atoms with Crippen LogP contribution in [0.25, 0.3) is 0 Å². The van der Waals surface area contributed by atoms with Crippen LogP contribution < -0.4 is 5.32 Å². The molecule has 88 valence electrons. The average molecular weight is 214 g/mol. The molecule has 2 N–H and O–H groups in total. The molecule has 4 nitrogen and oxygen atoms in total. The molecule has 1 saturated heterocycles. The summed E-state index contributed by atoms with van der Waals surface area (Å²) in [7, 11) is 2.08. The number of hydrogen-bond acceptors (Lipinski definition) is 3. The molecule has 0 saturated carbocycles. The zero-order chi connectivity index (χ0) is 11.6. The maximum absolute atomic E-state index is 10.8. The lowest BCUT2D eigenvalue weighted by atomic mass is 10.1. The predicted molar refractivity (Wildman–Crippen MR) is 60.0 cm³/mol. The highest BCUT2D eigenvalue weighted by molar-refractivity contribution is 5.73. The molecule has 1 heterocycles. The van der Waals surface area contributed by atoms with E-state index in [4.69, 9.17) is 5.11 Å². The van der Waals surface area contributed by atoms with Gasteiger partial charge < -0.3 is 10.4 Å². The van der Waals surface area contributed by atoms with Crippen molar-refractivity contribution in [2.24, 2.45) is 0 Å². The molecule has 1 unspecified atom stereocenters. The minimum atomic E-state index is -0.726. The van der Waals surface area contributed by atoms with Gasteiger partial charge in [0.15, 0.2) is 0 Å². The fraction of sp³-hybridized carbons (Fsp3) is 0.909. The first-order valence-electron chi connectivity index (χ1n) is 5.51. The summed E-state index contributed by atoms with van der Waals surface area (Å²) in [5.41, 5.74) is 0.142. The van der Waals surface area contributed by atoms with E-state index in [1.807, 2.05) is 0 Å². The van der Waals surface area contributed by atoms with E-state index in [-0.39, 0.29) is 11.6 Å². The van der Waals surface area contributed by atoms with Crippen molar-refractivity contribution in [3.05, 3.63) is 0 Å². The lowest BCUT2D eigenvalue weighted by Crippen LogP contribution is -2.47. The molecule has 1 fully saturated rings. The Balaban J connectivity index is 2.39. The molecule has 0 spiro atoms. The second-order valence-electron chi connectivity index (χ2n) is 5.38. The molecule has 1 rings (SSSR count). The summed E-state index contributed by atoms with van der Waals surface area (Å²) in [5.74, 6) is -0.726. The third kappa shape index (κ3) is 3.47. The number of carboxylic acids is 1. The number of hydrogen-bond donors (Lipinski definition) is 2. The van der Waals surface area contributed by atoms with Crippen molar-refractivity contribution in [1.29, 1.82) is 0 Å². The van der Waals surface area contributed by atoms with Crippen molar-refractivity contribution in [3.63, 3.8) is 0 Å². The quantitative estimate of drug-likeness (QED) is 0.733. The first kappa shape index (κ1) is 12.5. The van der Waals surface area contributed by atoms with Gasteiger partial charge in [-0.05, 0) is 40.7 Å². The van der Waals surface area contributed by atoms with E-state index in [1.54, 1.807) is 0 Å². The molecule has 0 aromatic rings. The largest absolute Gasteiger partial charge is 0.480 e. The van der Waals surface area contributed by atoms with Crippen molar-refractivity contribution in [2.75, 3.05) is 13.6 Å². The Bertz CT molecular complexity index is 235. The van der Waals surface area contributed by atoms with E-state index in [0.717, 1.165) is 19.4 Å². The van der Waals surface area contributed by atoms with Crippen LogP contribution in [0.5, 0.6) is 0 Å². The normalized spacial score (nSPS) is 27.3. The fourth-order valence-corrected chi connectivity index (χ4v) is 1.76. The fourth-order valence-electron chi connectivity index (χ4n) is 1.76. The summed E-state index contributed by atoms with van der Waals surface area (Å²) in [4.78, 5) is 13.0. The number of carboxylic acid groups (broad SMARTS) is 1. The van der Waals surface area contributed by atoms with Crippen LogP contribution in [-0.4, -0.2) is 47.2 Å². The van der Waals surface area contributed by atoms with Gasteiger partial charge in [-0.25, -0.2) is 0 Å². The average Bonchev–Trinajstić information content (AvgIpc) is 2.50. The van der Waals surface area contributed by atoms with Gasteiger partial charge in [-0.15, -0.1) is 0 Å². The van der Waals surface area contributed by atoms with Crippen LogP contribution in [0.15, 0.2) is 0 Å². The minimum absolute atomic E-state index is 0.142. The van der Waals surface area contributed by atoms with E-state index in [2.05, 4.69) is 38.0 Å². The Morgan fingerprint density at radius 3 is 2.47 bits per heavy atom. The van der Waals surface area contributed by atoms with Gasteiger partial charge in [0.05, 0.1) is 0 Å². The Morgan fingerprint density at radius 2 is 2.07 bits per heavy atom. The molecule has 0 aromatic heterocycles. The first-order chi connectivity index (χ1) is 6.80. The van der Waals surface area contributed by atoms with Gasteiger partial charge in [0.2, 0.25) is 0 Å².